The molecule has 0 spiro atoms. The molecule has 3 aromatic carbocycles. The Hall–Kier alpha value is -3.35. The van der Waals surface area contributed by atoms with E-state index in [1.807, 2.05) is 24.3 Å². The third-order valence-electron chi connectivity index (χ3n) is 5.92. The number of aliphatic hydroxyl groups is 2. The molecule has 1 saturated heterocycles. The van der Waals surface area contributed by atoms with Crippen molar-refractivity contribution in [1.29, 1.82) is 0 Å². The number of rotatable bonds is 3. The lowest BCUT2D eigenvalue weighted by molar-refractivity contribution is -0.110. The summed E-state index contributed by atoms with van der Waals surface area (Å²) in [5.74, 6) is -1.55. The van der Waals surface area contributed by atoms with Crippen LogP contribution in [-0.2, 0) is 4.79 Å². The quantitative estimate of drug-likeness (QED) is 0.383. The van der Waals surface area contributed by atoms with Gasteiger partial charge in [-0.3, -0.25) is 4.79 Å². The Morgan fingerprint density at radius 2 is 1.84 bits per heavy atom. The lowest BCUT2D eigenvalue weighted by Crippen LogP contribution is -2.20. The van der Waals surface area contributed by atoms with Gasteiger partial charge in [0.1, 0.15) is 11.6 Å². The Kier molecular flexibility index (Phi) is 5.12. The zero-order chi connectivity index (χ0) is 22.4. The molecule has 1 fully saturated rings. The van der Waals surface area contributed by atoms with E-state index in [1.54, 1.807) is 18.2 Å². The summed E-state index contributed by atoms with van der Waals surface area (Å²) in [6.07, 6.45) is 0.443. The molecular formula is C25H20ClFN2O3. The van der Waals surface area contributed by atoms with Gasteiger partial charge in [-0.15, -0.1) is 0 Å². The van der Waals surface area contributed by atoms with Crippen LogP contribution in [0.1, 0.15) is 17.5 Å². The Bertz CT molecular complexity index is 1260. The molecule has 1 atom stereocenters. The van der Waals surface area contributed by atoms with Crippen molar-refractivity contribution in [2.75, 3.05) is 23.3 Å². The Labute approximate surface area is 189 Å². The summed E-state index contributed by atoms with van der Waals surface area (Å²) < 4.78 is 14.2. The van der Waals surface area contributed by atoms with Crippen LogP contribution in [0.3, 0.4) is 0 Å². The maximum Gasteiger partial charge on any atom is 0.260 e. The number of nitrogens with zero attached hydrogens (tertiary/aromatic N) is 1. The molecule has 0 bridgehead atoms. The molecule has 32 heavy (non-hydrogen) atoms. The summed E-state index contributed by atoms with van der Waals surface area (Å²) >= 11 is 6.51. The lowest BCUT2D eigenvalue weighted by atomic mass is 9.97. The number of hydrogen-bond acceptors (Lipinski definition) is 4. The highest BCUT2D eigenvalue weighted by Gasteiger charge is 2.30. The molecule has 3 aromatic rings. The van der Waals surface area contributed by atoms with Crippen LogP contribution in [0.25, 0.3) is 22.5 Å². The Balaban J connectivity index is 1.56. The first-order chi connectivity index (χ1) is 15.4. The summed E-state index contributed by atoms with van der Waals surface area (Å²) in [4.78, 5) is 14.7. The molecule has 1 amide bonds. The van der Waals surface area contributed by atoms with Crippen molar-refractivity contribution in [3.8, 4) is 11.1 Å². The molecule has 7 heteroatoms. The molecule has 0 saturated carbocycles. The molecule has 3 N–H and O–H groups in total. The maximum absolute atomic E-state index is 14.2. The van der Waals surface area contributed by atoms with Crippen molar-refractivity contribution in [3.05, 3.63) is 82.6 Å². The third kappa shape index (κ3) is 3.51. The van der Waals surface area contributed by atoms with Gasteiger partial charge < -0.3 is 20.4 Å². The van der Waals surface area contributed by atoms with E-state index in [1.165, 1.54) is 18.2 Å². The number of benzene rings is 3. The Morgan fingerprint density at radius 3 is 2.53 bits per heavy atom. The fourth-order valence-corrected chi connectivity index (χ4v) is 4.54. The zero-order valence-corrected chi connectivity index (χ0v) is 17.7. The van der Waals surface area contributed by atoms with Gasteiger partial charge in [0.05, 0.1) is 28.0 Å². The number of β-amino-alcohol motifs (C(OH)–C–C–N with tert-alkyl or cyclic N) is 1. The van der Waals surface area contributed by atoms with Crippen LogP contribution in [0.15, 0.2) is 60.7 Å². The van der Waals surface area contributed by atoms with Gasteiger partial charge in [0, 0.05) is 29.9 Å². The normalized spacial score (nSPS) is 19.2. The summed E-state index contributed by atoms with van der Waals surface area (Å²) in [6.45, 7) is 1.41. The zero-order valence-electron chi connectivity index (χ0n) is 17.0. The van der Waals surface area contributed by atoms with Crippen molar-refractivity contribution in [3.63, 3.8) is 0 Å². The molecule has 0 aliphatic carbocycles. The maximum atomic E-state index is 14.2. The average molecular weight is 451 g/mol. The number of hydrogen-bond donors (Lipinski definition) is 3. The first kappa shape index (κ1) is 20.5. The van der Waals surface area contributed by atoms with Crippen molar-refractivity contribution < 1.29 is 19.4 Å². The fourth-order valence-electron chi connectivity index (χ4n) is 4.26. The molecule has 5 nitrogen and oxygen atoms in total. The van der Waals surface area contributed by atoms with Gasteiger partial charge >= 0.3 is 0 Å². The number of anilines is 2. The fraction of sp³-hybridized carbons (Fsp3) is 0.160. The number of fused-ring (bicyclic) bond motifs is 1. The minimum absolute atomic E-state index is 0.00527. The van der Waals surface area contributed by atoms with E-state index >= 15 is 0 Å². The van der Waals surface area contributed by atoms with Crippen LogP contribution in [0.4, 0.5) is 15.8 Å². The Morgan fingerprint density at radius 1 is 1.09 bits per heavy atom. The molecule has 0 radical (unpaired) electrons. The van der Waals surface area contributed by atoms with Gasteiger partial charge in [-0.2, -0.15) is 0 Å². The standard InChI is InChI=1S/C25H20ClFN2O3/c26-20-12-22-19(23(25(32)28-22)24(31)17-3-1-2-4-21(17)27)11-18(20)14-5-7-15(8-6-14)29-10-9-16(30)13-29/h1-8,11-12,16,30-31H,9-10,13H2,(H,28,32). The summed E-state index contributed by atoms with van der Waals surface area (Å²) in [5, 5.41) is 23.7. The number of aliphatic hydroxyl groups excluding tert-OH is 2. The topological polar surface area (TPSA) is 72.8 Å². The number of amides is 1. The van der Waals surface area contributed by atoms with Crippen LogP contribution in [0, 0.1) is 5.82 Å². The second-order valence-corrected chi connectivity index (χ2v) is 8.38. The van der Waals surface area contributed by atoms with E-state index in [0.29, 0.717) is 28.4 Å². The minimum Gasteiger partial charge on any atom is -0.506 e. The molecule has 2 heterocycles. The number of carbonyl (C=O) groups is 1. The summed E-state index contributed by atoms with van der Waals surface area (Å²) in [5.41, 5.74) is 3.42. The largest absolute Gasteiger partial charge is 0.506 e. The monoisotopic (exact) mass is 450 g/mol. The van der Waals surface area contributed by atoms with E-state index in [0.717, 1.165) is 24.2 Å². The summed E-state index contributed by atoms with van der Waals surface area (Å²) in [7, 11) is 0. The molecule has 162 valence electrons. The first-order valence-electron chi connectivity index (χ1n) is 10.3. The van der Waals surface area contributed by atoms with Crippen molar-refractivity contribution in [1.82, 2.24) is 0 Å². The van der Waals surface area contributed by atoms with Gasteiger partial charge in [-0.1, -0.05) is 35.9 Å². The predicted octanol–water partition coefficient (Wildman–Crippen LogP) is 5.10. The van der Waals surface area contributed by atoms with Crippen molar-refractivity contribution in [2.24, 2.45) is 0 Å². The smallest absolute Gasteiger partial charge is 0.260 e. The SMILES string of the molecule is O=C1Nc2cc(Cl)c(-c3ccc(N4CCC(O)C4)cc3)cc2C1=C(O)c1ccccc1F. The van der Waals surface area contributed by atoms with Gasteiger partial charge in [0.2, 0.25) is 0 Å². The molecule has 5 rings (SSSR count). The molecular weight excluding hydrogens is 431 g/mol. The highest BCUT2D eigenvalue weighted by molar-refractivity contribution is 6.38. The molecule has 2 aliphatic rings. The first-order valence-corrected chi connectivity index (χ1v) is 10.7. The van der Waals surface area contributed by atoms with Gasteiger partial charge in [-0.25, -0.2) is 4.39 Å². The molecule has 0 aromatic heterocycles. The number of nitrogens with one attached hydrogen (secondary N) is 1. The number of halogens is 2. The molecule has 2 aliphatic heterocycles. The predicted molar refractivity (Wildman–Crippen MR) is 124 cm³/mol. The number of carbonyl (C=O) groups excluding carboxylic acids is 1. The van der Waals surface area contributed by atoms with Gasteiger partial charge in [0.15, 0.2) is 0 Å². The van der Waals surface area contributed by atoms with Crippen LogP contribution in [-0.4, -0.2) is 35.3 Å². The van der Waals surface area contributed by atoms with Gasteiger partial charge in [-0.05, 0) is 48.4 Å². The highest BCUT2D eigenvalue weighted by Crippen LogP contribution is 2.42. The van der Waals surface area contributed by atoms with E-state index in [4.69, 9.17) is 11.6 Å². The van der Waals surface area contributed by atoms with E-state index in [-0.39, 0.29) is 17.2 Å². The molecule has 1 unspecified atom stereocenters. The summed E-state index contributed by atoms with van der Waals surface area (Å²) in [6, 6.07) is 16.9. The van der Waals surface area contributed by atoms with E-state index < -0.39 is 17.5 Å². The highest BCUT2D eigenvalue weighted by atomic mass is 35.5. The van der Waals surface area contributed by atoms with Crippen molar-refractivity contribution in [2.45, 2.75) is 12.5 Å². The van der Waals surface area contributed by atoms with E-state index in [9.17, 15) is 19.4 Å². The van der Waals surface area contributed by atoms with Crippen LogP contribution < -0.4 is 10.2 Å². The average Bonchev–Trinajstić information content (AvgIpc) is 3.35. The minimum atomic E-state index is -0.615. The van der Waals surface area contributed by atoms with Gasteiger partial charge in [0.25, 0.3) is 5.91 Å². The second-order valence-electron chi connectivity index (χ2n) is 7.97. The van der Waals surface area contributed by atoms with Crippen molar-refractivity contribution >= 4 is 40.2 Å². The second kappa shape index (κ2) is 7.97. The van der Waals surface area contributed by atoms with E-state index in [2.05, 4.69) is 10.2 Å². The van der Waals surface area contributed by atoms with Crippen LogP contribution in [0.2, 0.25) is 5.02 Å². The third-order valence-corrected chi connectivity index (χ3v) is 6.24. The lowest BCUT2D eigenvalue weighted by Gasteiger charge is -2.18. The van der Waals surface area contributed by atoms with Crippen LogP contribution >= 0.6 is 11.6 Å². The van der Waals surface area contributed by atoms with Crippen LogP contribution in [0.5, 0.6) is 0 Å².